The zero-order chi connectivity index (χ0) is 18.1. The maximum absolute atomic E-state index is 10.7. The Morgan fingerprint density at radius 3 is 2.68 bits per heavy atom. The first-order chi connectivity index (χ1) is 12.1. The van der Waals surface area contributed by atoms with E-state index in [1.807, 2.05) is 12.1 Å². The van der Waals surface area contributed by atoms with Gasteiger partial charge in [-0.15, -0.1) is 11.6 Å². The number of halogens is 1. The van der Waals surface area contributed by atoms with E-state index in [1.54, 1.807) is 12.1 Å². The van der Waals surface area contributed by atoms with Crippen LogP contribution < -0.4 is 4.74 Å². The number of alkyl halides is 1. The first-order valence-corrected chi connectivity index (χ1v) is 9.22. The molecule has 1 saturated carbocycles. The SMILES string of the molecule is O=Cc1ccc(OCC2CCC(Cl)[C@@H]2C/C=C\CCCC(=O)O)cc1. The number of aliphatic carboxylic acids is 1. The molecule has 1 N–H and O–H groups in total. The lowest BCUT2D eigenvalue weighted by Crippen LogP contribution is -2.20. The summed E-state index contributed by atoms with van der Waals surface area (Å²) in [7, 11) is 0. The molecule has 2 unspecified atom stereocenters. The van der Waals surface area contributed by atoms with Crippen molar-refractivity contribution in [3.63, 3.8) is 0 Å². The zero-order valence-corrected chi connectivity index (χ0v) is 15.0. The molecule has 2 rings (SSSR count). The highest BCUT2D eigenvalue weighted by Crippen LogP contribution is 2.38. The third-order valence-electron chi connectivity index (χ3n) is 4.70. The quantitative estimate of drug-likeness (QED) is 0.282. The number of rotatable bonds is 10. The van der Waals surface area contributed by atoms with E-state index in [4.69, 9.17) is 21.4 Å². The Morgan fingerprint density at radius 2 is 2.00 bits per heavy atom. The third-order valence-corrected chi connectivity index (χ3v) is 5.24. The van der Waals surface area contributed by atoms with Crippen LogP contribution in [0.5, 0.6) is 5.75 Å². The summed E-state index contributed by atoms with van der Waals surface area (Å²) >= 11 is 6.47. The van der Waals surface area contributed by atoms with Gasteiger partial charge in [0.2, 0.25) is 0 Å². The highest BCUT2D eigenvalue weighted by molar-refractivity contribution is 6.21. The van der Waals surface area contributed by atoms with Crippen LogP contribution in [0.4, 0.5) is 0 Å². The van der Waals surface area contributed by atoms with Crippen molar-refractivity contribution in [1.82, 2.24) is 0 Å². The van der Waals surface area contributed by atoms with Gasteiger partial charge in [-0.3, -0.25) is 9.59 Å². The first kappa shape index (κ1) is 19.5. The van der Waals surface area contributed by atoms with Crippen molar-refractivity contribution in [3.8, 4) is 5.75 Å². The minimum atomic E-state index is -0.747. The Hall–Kier alpha value is -1.81. The average molecular weight is 365 g/mol. The Labute approximate surface area is 153 Å². The van der Waals surface area contributed by atoms with Crippen LogP contribution in [0.25, 0.3) is 0 Å². The van der Waals surface area contributed by atoms with Crippen LogP contribution in [-0.2, 0) is 4.79 Å². The van der Waals surface area contributed by atoms with Crippen molar-refractivity contribution in [2.24, 2.45) is 11.8 Å². The van der Waals surface area contributed by atoms with Crippen LogP contribution in [0.2, 0.25) is 0 Å². The molecular weight excluding hydrogens is 340 g/mol. The molecule has 3 atom stereocenters. The molecule has 0 saturated heterocycles. The number of aldehydes is 1. The number of carbonyl (C=O) groups is 2. The molecule has 0 aliphatic heterocycles. The number of hydrogen-bond acceptors (Lipinski definition) is 3. The van der Waals surface area contributed by atoms with Crippen LogP contribution in [0.3, 0.4) is 0 Å². The van der Waals surface area contributed by atoms with Gasteiger partial charge in [0, 0.05) is 17.4 Å². The molecule has 1 aromatic carbocycles. The monoisotopic (exact) mass is 364 g/mol. The van der Waals surface area contributed by atoms with Crippen LogP contribution >= 0.6 is 11.6 Å². The van der Waals surface area contributed by atoms with Gasteiger partial charge in [-0.1, -0.05) is 12.2 Å². The van der Waals surface area contributed by atoms with E-state index in [0.29, 0.717) is 30.4 Å². The van der Waals surface area contributed by atoms with Gasteiger partial charge >= 0.3 is 5.97 Å². The summed E-state index contributed by atoms with van der Waals surface area (Å²) in [6.07, 6.45) is 9.62. The normalized spacial score (nSPS) is 23.0. The van der Waals surface area contributed by atoms with E-state index >= 15 is 0 Å². The number of hydrogen-bond donors (Lipinski definition) is 1. The predicted molar refractivity (Wildman–Crippen MR) is 98.4 cm³/mol. The summed E-state index contributed by atoms with van der Waals surface area (Å²) in [5, 5.41) is 8.78. The van der Waals surface area contributed by atoms with E-state index in [1.165, 1.54) is 0 Å². The lowest BCUT2D eigenvalue weighted by atomic mass is 9.93. The van der Waals surface area contributed by atoms with Gasteiger partial charge in [0.25, 0.3) is 0 Å². The number of allylic oxidation sites excluding steroid dienone is 2. The Kier molecular flexibility index (Phi) is 7.99. The van der Waals surface area contributed by atoms with Crippen molar-refractivity contribution in [2.45, 2.75) is 43.9 Å². The summed E-state index contributed by atoms with van der Waals surface area (Å²) in [5.74, 6) is 0.818. The topological polar surface area (TPSA) is 63.6 Å². The maximum atomic E-state index is 10.7. The Bertz CT molecular complexity index is 582. The number of carboxylic acids is 1. The van der Waals surface area contributed by atoms with E-state index in [2.05, 4.69) is 12.2 Å². The molecule has 1 aliphatic carbocycles. The smallest absolute Gasteiger partial charge is 0.303 e. The molecule has 0 bridgehead atoms. The second kappa shape index (κ2) is 10.2. The first-order valence-electron chi connectivity index (χ1n) is 8.79. The molecule has 1 aliphatic rings. The van der Waals surface area contributed by atoms with Crippen LogP contribution in [-0.4, -0.2) is 29.3 Å². The number of benzene rings is 1. The molecule has 0 radical (unpaired) electrons. The van der Waals surface area contributed by atoms with Gasteiger partial charge in [-0.2, -0.15) is 0 Å². The molecular formula is C20H25ClO4. The fraction of sp³-hybridized carbons (Fsp3) is 0.500. The average Bonchev–Trinajstić information content (AvgIpc) is 2.96. The van der Waals surface area contributed by atoms with E-state index in [9.17, 15) is 9.59 Å². The molecule has 136 valence electrons. The van der Waals surface area contributed by atoms with Crippen LogP contribution in [0.1, 0.15) is 48.9 Å². The highest BCUT2D eigenvalue weighted by Gasteiger charge is 2.34. The van der Waals surface area contributed by atoms with Gasteiger partial charge in [0.05, 0.1) is 6.61 Å². The zero-order valence-electron chi connectivity index (χ0n) is 14.3. The second-order valence-electron chi connectivity index (χ2n) is 6.51. The minimum absolute atomic E-state index is 0.162. The fourth-order valence-electron chi connectivity index (χ4n) is 3.23. The molecule has 5 heteroatoms. The molecule has 0 heterocycles. The highest BCUT2D eigenvalue weighted by atomic mass is 35.5. The van der Waals surface area contributed by atoms with Crippen molar-refractivity contribution < 1.29 is 19.4 Å². The predicted octanol–water partition coefficient (Wildman–Crippen LogP) is 4.71. The van der Waals surface area contributed by atoms with E-state index < -0.39 is 5.97 Å². The molecule has 1 aromatic rings. The minimum Gasteiger partial charge on any atom is -0.493 e. The molecule has 0 aromatic heterocycles. The number of carbonyl (C=O) groups excluding carboxylic acids is 1. The van der Waals surface area contributed by atoms with E-state index in [-0.39, 0.29) is 11.8 Å². The lowest BCUT2D eigenvalue weighted by molar-refractivity contribution is -0.137. The molecule has 25 heavy (non-hydrogen) atoms. The van der Waals surface area contributed by atoms with Crippen LogP contribution in [0.15, 0.2) is 36.4 Å². The maximum Gasteiger partial charge on any atom is 0.303 e. The van der Waals surface area contributed by atoms with Crippen molar-refractivity contribution >= 4 is 23.9 Å². The number of ether oxygens (including phenoxy) is 1. The fourth-order valence-corrected chi connectivity index (χ4v) is 3.67. The van der Waals surface area contributed by atoms with Crippen LogP contribution in [0, 0.1) is 11.8 Å². The molecule has 0 spiro atoms. The van der Waals surface area contributed by atoms with E-state index in [0.717, 1.165) is 37.7 Å². The molecule has 4 nitrogen and oxygen atoms in total. The summed E-state index contributed by atoms with van der Waals surface area (Å²) in [4.78, 5) is 21.2. The Balaban J connectivity index is 1.77. The third kappa shape index (κ3) is 6.54. The number of carboxylic acid groups (broad SMARTS) is 1. The lowest BCUT2D eigenvalue weighted by Gasteiger charge is -2.21. The Morgan fingerprint density at radius 1 is 1.24 bits per heavy atom. The summed E-state index contributed by atoms with van der Waals surface area (Å²) in [6.45, 7) is 0.626. The summed E-state index contributed by atoms with van der Waals surface area (Å²) < 4.78 is 5.88. The number of unbranched alkanes of at least 4 members (excludes halogenated alkanes) is 1. The second-order valence-corrected chi connectivity index (χ2v) is 7.07. The van der Waals surface area contributed by atoms with Crippen molar-refractivity contribution in [1.29, 1.82) is 0 Å². The van der Waals surface area contributed by atoms with Gasteiger partial charge < -0.3 is 9.84 Å². The molecule has 1 fully saturated rings. The summed E-state index contributed by atoms with van der Waals surface area (Å²) in [5.41, 5.74) is 0.639. The van der Waals surface area contributed by atoms with Gasteiger partial charge in [0.1, 0.15) is 12.0 Å². The van der Waals surface area contributed by atoms with Gasteiger partial charge in [0.15, 0.2) is 0 Å². The van der Waals surface area contributed by atoms with Crippen molar-refractivity contribution in [3.05, 3.63) is 42.0 Å². The van der Waals surface area contributed by atoms with Crippen molar-refractivity contribution in [2.75, 3.05) is 6.61 Å². The van der Waals surface area contributed by atoms with Gasteiger partial charge in [-0.05, 0) is 68.2 Å². The largest absolute Gasteiger partial charge is 0.493 e. The van der Waals surface area contributed by atoms with Gasteiger partial charge in [-0.25, -0.2) is 0 Å². The summed E-state index contributed by atoms with van der Waals surface area (Å²) in [6, 6.07) is 7.12. The standard InChI is InChI=1S/C20H25ClO4/c21-19-12-9-16(14-25-17-10-7-15(13-22)8-11-17)18(19)5-3-1-2-4-6-20(23)24/h1,3,7-8,10-11,13,16,18-19H,2,4-6,9,12,14H2,(H,23,24)/b3-1-/t16?,18-,19?/m1/s1. The molecule has 0 amide bonds.